The number of guanidine groups is 1. The van der Waals surface area contributed by atoms with E-state index >= 15 is 0 Å². The molecule has 30 heavy (non-hydrogen) atoms. The Morgan fingerprint density at radius 1 is 1.33 bits per heavy atom. The summed E-state index contributed by atoms with van der Waals surface area (Å²) in [5, 5.41) is 9.35. The first-order valence-electron chi connectivity index (χ1n) is 10.3. The number of halogens is 1. The second-order valence-electron chi connectivity index (χ2n) is 7.17. The summed E-state index contributed by atoms with van der Waals surface area (Å²) < 4.78 is 14.0. The van der Waals surface area contributed by atoms with Gasteiger partial charge >= 0.3 is 0 Å². The molecule has 1 atom stereocenters. The van der Waals surface area contributed by atoms with Crippen LogP contribution in [0.3, 0.4) is 0 Å². The van der Waals surface area contributed by atoms with Gasteiger partial charge in [0.25, 0.3) is 5.91 Å². The van der Waals surface area contributed by atoms with Crippen molar-refractivity contribution >= 4 is 17.7 Å². The minimum absolute atomic E-state index is 0.0921. The summed E-state index contributed by atoms with van der Waals surface area (Å²) in [5.41, 5.74) is 1.71. The van der Waals surface area contributed by atoms with Gasteiger partial charge in [0.1, 0.15) is 0 Å². The highest BCUT2D eigenvalue weighted by Gasteiger charge is 2.25. The molecule has 2 aromatic rings. The zero-order valence-corrected chi connectivity index (χ0v) is 17.5. The van der Waals surface area contributed by atoms with E-state index in [1.165, 1.54) is 6.07 Å². The third-order valence-corrected chi connectivity index (χ3v) is 5.00. The maximum atomic E-state index is 14.0. The number of hydrogen-bond donors (Lipinski definition) is 3. The van der Waals surface area contributed by atoms with Gasteiger partial charge in [-0.05, 0) is 49.6 Å². The molecule has 7 nitrogen and oxygen atoms in total. The van der Waals surface area contributed by atoms with Crippen LogP contribution in [0, 0.1) is 5.82 Å². The molecule has 1 fully saturated rings. The van der Waals surface area contributed by atoms with Crippen molar-refractivity contribution < 1.29 is 9.18 Å². The molecule has 1 amide bonds. The summed E-state index contributed by atoms with van der Waals surface area (Å²) in [6.45, 7) is 4.79. The fourth-order valence-corrected chi connectivity index (χ4v) is 3.50. The molecule has 1 aromatic carbocycles. The predicted octanol–water partition coefficient (Wildman–Crippen LogP) is 1.96. The van der Waals surface area contributed by atoms with E-state index in [1.807, 2.05) is 30.0 Å². The van der Waals surface area contributed by atoms with Crippen LogP contribution in [0.15, 0.2) is 47.6 Å². The summed E-state index contributed by atoms with van der Waals surface area (Å²) in [6, 6.07) is 10.8. The zero-order valence-electron chi connectivity index (χ0n) is 17.5. The Kier molecular flexibility index (Phi) is 7.59. The van der Waals surface area contributed by atoms with Crippen molar-refractivity contribution in [3.8, 4) is 0 Å². The quantitative estimate of drug-likeness (QED) is 0.478. The van der Waals surface area contributed by atoms with Crippen LogP contribution in [0.4, 0.5) is 10.2 Å². The number of amides is 1. The van der Waals surface area contributed by atoms with Gasteiger partial charge < -0.3 is 20.9 Å². The largest absolute Gasteiger partial charge is 0.357 e. The Morgan fingerprint density at radius 3 is 2.97 bits per heavy atom. The Balaban J connectivity index is 1.56. The van der Waals surface area contributed by atoms with Crippen LogP contribution in [0.2, 0.25) is 0 Å². The summed E-state index contributed by atoms with van der Waals surface area (Å²) in [5.74, 6) is 0.760. The van der Waals surface area contributed by atoms with E-state index in [4.69, 9.17) is 0 Å². The number of rotatable bonds is 7. The van der Waals surface area contributed by atoms with Gasteiger partial charge in [0.2, 0.25) is 0 Å². The summed E-state index contributed by atoms with van der Waals surface area (Å²) >= 11 is 0. The van der Waals surface area contributed by atoms with Crippen LogP contribution in [0.1, 0.15) is 29.3 Å². The topological polar surface area (TPSA) is 81.6 Å². The summed E-state index contributed by atoms with van der Waals surface area (Å²) in [6.07, 6.45) is 3.23. The molecule has 3 N–H and O–H groups in total. The van der Waals surface area contributed by atoms with Gasteiger partial charge in [0, 0.05) is 51.0 Å². The summed E-state index contributed by atoms with van der Waals surface area (Å²) in [7, 11) is 1.63. The highest BCUT2D eigenvalue weighted by molar-refractivity contribution is 5.94. The van der Waals surface area contributed by atoms with Crippen LogP contribution in [-0.4, -0.2) is 56.1 Å². The predicted molar refractivity (Wildman–Crippen MR) is 117 cm³/mol. The lowest BCUT2D eigenvalue weighted by atomic mass is 10.1. The number of carbonyl (C=O) groups is 1. The van der Waals surface area contributed by atoms with E-state index in [-0.39, 0.29) is 17.8 Å². The SMILES string of the molecule is CCNC(=NCCc1cccc(C(=O)NC)c1)NC1CCN(c2ncccc2F)C1. The molecule has 160 valence electrons. The van der Waals surface area contributed by atoms with Gasteiger partial charge in [-0.25, -0.2) is 9.37 Å². The molecule has 0 spiro atoms. The molecule has 1 saturated heterocycles. The normalized spacial score (nSPS) is 16.4. The number of aliphatic imine (C=N–C) groups is 1. The van der Waals surface area contributed by atoms with E-state index in [0.29, 0.717) is 24.5 Å². The Bertz CT molecular complexity index is 887. The molecule has 2 heterocycles. The van der Waals surface area contributed by atoms with Crippen LogP contribution in [0.25, 0.3) is 0 Å². The van der Waals surface area contributed by atoms with Crippen LogP contribution >= 0.6 is 0 Å². The van der Waals surface area contributed by atoms with Crippen molar-refractivity contribution in [2.24, 2.45) is 4.99 Å². The highest BCUT2D eigenvalue weighted by atomic mass is 19.1. The van der Waals surface area contributed by atoms with Crippen LogP contribution in [0.5, 0.6) is 0 Å². The van der Waals surface area contributed by atoms with E-state index in [9.17, 15) is 9.18 Å². The fourth-order valence-electron chi connectivity index (χ4n) is 3.50. The molecule has 0 aliphatic carbocycles. The minimum atomic E-state index is -0.294. The van der Waals surface area contributed by atoms with Crippen LogP contribution in [-0.2, 0) is 6.42 Å². The minimum Gasteiger partial charge on any atom is -0.357 e. The van der Waals surface area contributed by atoms with Crippen molar-refractivity contribution in [3.05, 3.63) is 59.5 Å². The molecular formula is C22H29FN6O. The van der Waals surface area contributed by atoms with Gasteiger partial charge in [-0.1, -0.05) is 12.1 Å². The lowest BCUT2D eigenvalue weighted by Crippen LogP contribution is -2.44. The van der Waals surface area contributed by atoms with Crippen molar-refractivity contribution in [2.75, 3.05) is 38.1 Å². The lowest BCUT2D eigenvalue weighted by molar-refractivity contribution is 0.0963. The van der Waals surface area contributed by atoms with Gasteiger partial charge in [-0.2, -0.15) is 0 Å². The monoisotopic (exact) mass is 412 g/mol. The standard InChI is InChI=1S/C22H29FN6O/c1-3-25-22(27-12-9-16-6-4-7-17(14-16)21(30)24-2)28-18-10-13-29(15-18)20-19(23)8-5-11-26-20/h4-8,11,14,18H,3,9-10,12-13,15H2,1-2H3,(H,24,30)(H2,25,27,28). The number of hydrogen-bond acceptors (Lipinski definition) is 4. The van der Waals surface area contributed by atoms with E-state index in [1.54, 1.807) is 25.4 Å². The van der Waals surface area contributed by atoms with E-state index in [2.05, 4.69) is 25.9 Å². The maximum absolute atomic E-state index is 14.0. The van der Waals surface area contributed by atoms with Gasteiger partial charge in [-0.3, -0.25) is 9.79 Å². The number of benzene rings is 1. The lowest BCUT2D eigenvalue weighted by Gasteiger charge is -2.20. The molecule has 0 saturated carbocycles. The number of pyridine rings is 1. The first-order valence-corrected chi connectivity index (χ1v) is 10.3. The number of aromatic nitrogens is 1. The first-order chi connectivity index (χ1) is 14.6. The van der Waals surface area contributed by atoms with Crippen LogP contribution < -0.4 is 20.9 Å². The smallest absolute Gasteiger partial charge is 0.251 e. The second kappa shape index (κ2) is 10.6. The average molecular weight is 413 g/mol. The van der Waals surface area contributed by atoms with Crippen molar-refractivity contribution in [2.45, 2.75) is 25.8 Å². The molecule has 0 radical (unpaired) electrons. The first kappa shape index (κ1) is 21.5. The fraction of sp³-hybridized carbons (Fsp3) is 0.409. The average Bonchev–Trinajstić information content (AvgIpc) is 3.22. The Labute approximate surface area is 176 Å². The van der Waals surface area contributed by atoms with Gasteiger partial charge in [0.05, 0.1) is 0 Å². The number of nitrogens with one attached hydrogen (secondary N) is 3. The highest BCUT2D eigenvalue weighted by Crippen LogP contribution is 2.20. The summed E-state index contributed by atoms with van der Waals surface area (Å²) in [4.78, 5) is 22.6. The van der Waals surface area contributed by atoms with E-state index in [0.717, 1.165) is 37.5 Å². The van der Waals surface area contributed by atoms with Crippen molar-refractivity contribution in [1.82, 2.24) is 20.9 Å². The third-order valence-electron chi connectivity index (χ3n) is 5.00. The maximum Gasteiger partial charge on any atom is 0.251 e. The van der Waals surface area contributed by atoms with Crippen molar-refractivity contribution in [1.29, 1.82) is 0 Å². The molecule has 1 aliphatic heterocycles. The molecular weight excluding hydrogens is 383 g/mol. The molecule has 0 bridgehead atoms. The molecule has 1 aromatic heterocycles. The Hall–Kier alpha value is -3.16. The number of carbonyl (C=O) groups excluding carboxylic acids is 1. The molecule has 3 rings (SSSR count). The van der Waals surface area contributed by atoms with E-state index < -0.39 is 0 Å². The molecule has 1 unspecified atom stereocenters. The zero-order chi connectivity index (χ0) is 21.3. The van der Waals surface area contributed by atoms with Gasteiger partial charge in [0.15, 0.2) is 17.6 Å². The van der Waals surface area contributed by atoms with Crippen molar-refractivity contribution in [3.63, 3.8) is 0 Å². The molecule has 8 heteroatoms. The molecule has 1 aliphatic rings. The Morgan fingerprint density at radius 2 is 2.20 bits per heavy atom. The van der Waals surface area contributed by atoms with Gasteiger partial charge in [-0.15, -0.1) is 0 Å². The third kappa shape index (κ3) is 5.68. The number of anilines is 1. The second-order valence-corrected chi connectivity index (χ2v) is 7.17. The number of nitrogens with zero attached hydrogens (tertiary/aromatic N) is 3.